The Bertz CT molecular complexity index is 1100. The monoisotopic (exact) mass is 568 g/mol. The quantitative estimate of drug-likeness (QED) is 0.454. The van der Waals surface area contributed by atoms with E-state index in [2.05, 4.69) is 25.6 Å². The van der Waals surface area contributed by atoms with Crippen molar-refractivity contribution in [3.8, 4) is 0 Å². The maximum atomic E-state index is 14.3. The molecule has 3 aliphatic rings. The molecule has 0 spiro atoms. The van der Waals surface area contributed by atoms with Crippen molar-refractivity contribution in [1.82, 2.24) is 30.3 Å². The highest BCUT2D eigenvalue weighted by Gasteiger charge is 2.46. The summed E-state index contributed by atoms with van der Waals surface area (Å²) < 4.78 is 1.99. The molecule has 2 N–H and O–H groups in total. The second-order valence-electron chi connectivity index (χ2n) is 12.4. The molecular formula is C31H45ClN6O2. The molecule has 0 unspecified atom stereocenters. The zero-order chi connectivity index (χ0) is 28.0. The van der Waals surface area contributed by atoms with Crippen LogP contribution in [-0.4, -0.2) is 63.2 Å². The first-order valence-corrected chi connectivity index (χ1v) is 15.7. The van der Waals surface area contributed by atoms with Gasteiger partial charge in [-0.25, -0.2) is 4.98 Å². The highest BCUT2D eigenvalue weighted by molar-refractivity contribution is 6.30. The number of benzene rings is 1. The zero-order valence-electron chi connectivity index (χ0n) is 23.9. The van der Waals surface area contributed by atoms with Crippen LogP contribution in [0.15, 0.2) is 36.9 Å². The minimum atomic E-state index is -0.714. The average Bonchev–Trinajstić information content (AvgIpc) is 3.51. The highest BCUT2D eigenvalue weighted by atomic mass is 35.5. The molecule has 1 aromatic heterocycles. The normalized spacial score (nSPS) is 22.0. The van der Waals surface area contributed by atoms with Gasteiger partial charge in [0.2, 0.25) is 11.8 Å². The highest BCUT2D eigenvalue weighted by Crippen LogP contribution is 2.47. The van der Waals surface area contributed by atoms with Gasteiger partial charge >= 0.3 is 0 Å². The first-order chi connectivity index (χ1) is 19.4. The third-order valence-corrected chi connectivity index (χ3v) is 10.2. The third-order valence-electron chi connectivity index (χ3n) is 9.96. The van der Waals surface area contributed by atoms with Gasteiger partial charge in [0.05, 0.1) is 11.6 Å². The fraction of sp³-hybridized carbons (Fsp3) is 0.677. The molecule has 5 rings (SSSR count). The van der Waals surface area contributed by atoms with E-state index in [0.717, 1.165) is 70.1 Å². The molecule has 9 heteroatoms. The van der Waals surface area contributed by atoms with Crippen LogP contribution >= 0.6 is 11.6 Å². The SMILES string of the molecule is CNC(=O)C1(N[C@H](Cc2ccc(Cl)cc2)C(=O)N2CCC(Cn3cncn3)(C3CCCCC3)CC2)CCCCC1. The van der Waals surface area contributed by atoms with Crippen LogP contribution in [0.4, 0.5) is 0 Å². The first-order valence-electron chi connectivity index (χ1n) is 15.3. The number of halogens is 1. The first kappa shape index (κ1) is 29.1. The molecule has 2 heterocycles. The van der Waals surface area contributed by atoms with Gasteiger partial charge in [0.15, 0.2) is 0 Å². The topological polar surface area (TPSA) is 92.2 Å². The fourth-order valence-electron chi connectivity index (χ4n) is 7.66. The van der Waals surface area contributed by atoms with Crippen molar-refractivity contribution in [3.05, 3.63) is 47.5 Å². The van der Waals surface area contributed by atoms with Crippen LogP contribution in [0, 0.1) is 11.3 Å². The molecule has 2 aromatic rings. The number of rotatable bonds is 9. The number of nitrogens with one attached hydrogen (secondary N) is 2. The lowest BCUT2D eigenvalue weighted by atomic mass is 9.63. The smallest absolute Gasteiger partial charge is 0.240 e. The number of likely N-dealkylation sites (N-methyl/N-ethyl adjacent to an activating group) is 1. The summed E-state index contributed by atoms with van der Waals surface area (Å²) in [5.74, 6) is 0.746. The zero-order valence-corrected chi connectivity index (χ0v) is 24.7. The predicted octanol–water partition coefficient (Wildman–Crippen LogP) is 4.77. The summed E-state index contributed by atoms with van der Waals surface area (Å²) in [4.78, 5) is 33.7. The van der Waals surface area contributed by atoms with Crippen molar-refractivity contribution in [2.45, 2.75) is 102 Å². The van der Waals surface area contributed by atoms with Gasteiger partial charge in [-0.15, -0.1) is 0 Å². The molecule has 40 heavy (non-hydrogen) atoms. The Kier molecular flexibility index (Phi) is 9.46. The van der Waals surface area contributed by atoms with Crippen LogP contribution in [0.1, 0.15) is 82.6 Å². The molecule has 8 nitrogen and oxygen atoms in total. The summed E-state index contributed by atoms with van der Waals surface area (Å²) in [7, 11) is 1.70. The molecule has 2 saturated carbocycles. The van der Waals surface area contributed by atoms with E-state index in [0.29, 0.717) is 17.4 Å². The number of amides is 2. The second kappa shape index (κ2) is 13.0. The fourth-order valence-corrected chi connectivity index (χ4v) is 7.79. The lowest BCUT2D eigenvalue weighted by Crippen LogP contribution is -2.64. The number of hydrogen-bond acceptors (Lipinski definition) is 5. The standard InChI is InChI=1S/C31H45ClN6O2/c1-33-29(40)31(14-6-3-7-15-31)36-27(20-24-10-12-26(32)13-11-24)28(39)37-18-16-30(17-19-37,21-38-23-34-22-35-38)25-8-4-2-5-9-25/h10-13,22-23,25,27,36H,2-9,14-21H2,1H3,(H,33,40)/t27-/m1/s1. The second-order valence-corrected chi connectivity index (χ2v) is 12.8. The summed E-state index contributed by atoms with van der Waals surface area (Å²) in [5, 5.41) is 11.7. The van der Waals surface area contributed by atoms with Crippen LogP contribution in [0.25, 0.3) is 0 Å². The minimum absolute atomic E-state index is 0.0103. The predicted molar refractivity (Wildman–Crippen MR) is 157 cm³/mol. The van der Waals surface area contributed by atoms with Gasteiger partial charge in [-0.05, 0) is 74.0 Å². The molecule has 2 amide bonds. The van der Waals surface area contributed by atoms with E-state index in [-0.39, 0.29) is 17.2 Å². The van der Waals surface area contributed by atoms with E-state index in [1.165, 1.54) is 32.1 Å². The van der Waals surface area contributed by atoms with E-state index in [4.69, 9.17) is 11.6 Å². The molecule has 3 fully saturated rings. The number of likely N-dealkylation sites (tertiary alicyclic amines) is 1. The van der Waals surface area contributed by atoms with Crippen LogP contribution in [0.3, 0.4) is 0 Å². The van der Waals surface area contributed by atoms with Crippen molar-refractivity contribution >= 4 is 23.4 Å². The number of piperidine rings is 1. The van der Waals surface area contributed by atoms with Gasteiger partial charge in [0.1, 0.15) is 12.7 Å². The van der Waals surface area contributed by atoms with Gasteiger partial charge in [-0.1, -0.05) is 62.3 Å². The van der Waals surface area contributed by atoms with Crippen molar-refractivity contribution < 1.29 is 9.59 Å². The summed E-state index contributed by atoms with van der Waals surface area (Å²) in [6, 6.07) is 7.24. The Morgan fingerprint density at radius 1 is 1.00 bits per heavy atom. The maximum Gasteiger partial charge on any atom is 0.240 e. The van der Waals surface area contributed by atoms with Gasteiger partial charge in [0.25, 0.3) is 0 Å². The van der Waals surface area contributed by atoms with Crippen LogP contribution in [0.2, 0.25) is 5.02 Å². The molecular weight excluding hydrogens is 524 g/mol. The number of aromatic nitrogens is 3. The number of carbonyl (C=O) groups is 2. The summed E-state index contributed by atoms with van der Waals surface area (Å²) >= 11 is 6.16. The molecule has 0 bridgehead atoms. The van der Waals surface area contributed by atoms with E-state index in [1.54, 1.807) is 13.4 Å². The Hall–Kier alpha value is -2.45. The Morgan fingerprint density at radius 3 is 2.30 bits per heavy atom. The van der Waals surface area contributed by atoms with Gasteiger partial charge in [-0.2, -0.15) is 5.10 Å². The van der Waals surface area contributed by atoms with Crippen molar-refractivity contribution in [3.63, 3.8) is 0 Å². The summed E-state index contributed by atoms with van der Waals surface area (Å²) in [6.45, 7) is 2.33. The van der Waals surface area contributed by atoms with Crippen LogP contribution in [0.5, 0.6) is 0 Å². The minimum Gasteiger partial charge on any atom is -0.358 e. The van der Waals surface area contributed by atoms with Crippen molar-refractivity contribution in [2.75, 3.05) is 20.1 Å². The largest absolute Gasteiger partial charge is 0.358 e. The lowest BCUT2D eigenvalue weighted by molar-refractivity contribution is -0.139. The third kappa shape index (κ3) is 6.54. The van der Waals surface area contributed by atoms with E-state index < -0.39 is 11.6 Å². The Morgan fingerprint density at radius 2 is 1.68 bits per heavy atom. The van der Waals surface area contributed by atoms with Crippen molar-refractivity contribution in [2.24, 2.45) is 11.3 Å². The number of carbonyl (C=O) groups excluding carboxylic acids is 2. The average molecular weight is 569 g/mol. The number of nitrogens with zero attached hydrogens (tertiary/aromatic N) is 4. The molecule has 1 atom stereocenters. The molecule has 2 aliphatic carbocycles. The maximum absolute atomic E-state index is 14.3. The molecule has 1 aromatic carbocycles. The lowest BCUT2D eigenvalue weighted by Gasteiger charge is -2.48. The Balaban J connectivity index is 1.35. The molecule has 1 aliphatic heterocycles. The number of hydrogen-bond donors (Lipinski definition) is 2. The summed E-state index contributed by atoms with van der Waals surface area (Å²) in [5.41, 5.74) is 0.461. The van der Waals surface area contributed by atoms with E-state index in [9.17, 15) is 9.59 Å². The van der Waals surface area contributed by atoms with Crippen LogP contribution < -0.4 is 10.6 Å². The van der Waals surface area contributed by atoms with Crippen LogP contribution in [-0.2, 0) is 22.6 Å². The van der Waals surface area contributed by atoms with Gasteiger partial charge in [0, 0.05) is 31.7 Å². The molecule has 0 radical (unpaired) electrons. The Labute approximate surface area is 243 Å². The molecule has 1 saturated heterocycles. The van der Waals surface area contributed by atoms with Gasteiger partial charge < -0.3 is 10.2 Å². The van der Waals surface area contributed by atoms with E-state index >= 15 is 0 Å². The molecule has 218 valence electrons. The van der Waals surface area contributed by atoms with Gasteiger partial charge in [-0.3, -0.25) is 19.6 Å². The summed E-state index contributed by atoms with van der Waals surface area (Å²) in [6.07, 6.45) is 16.9. The van der Waals surface area contributed by atoms with Crippen molar-refractivity contribution in [1.29, 1.82) is 0 Å². The van der Waals surface area contributed by atoms with E-state index in [1.807, 2.05) is 35.3 Å².